The van der Waals surface area contributed by atoms with Crippen LogP contribution in [0.5, 0.6) is 0 Å². The van der Waals surface area contributed by atoms with Crippen LogP contribution in [0.2, 0.25) is 0 Å². The summed E-state index contributed by atoms with van der Waals surface area (Å²) < 4.78 is 19.4. The Bertz CT molecular complexity index is 300. The van der Waals surface area contributed by atoms with E-state index in [-0.39, 0.29) is 11.6 Å². The highest BCUT2D eigenvalue weighted by atomic mass is 19.1. The van der Waals surface area contributed by atoms with Gasteiger partial charge in [0, 0.05) is 5.56 Å². The molecule has 0 aliphatic rings. The van der Waals surface area contributed by atoms with E-state index in [1.54, 1.807) is 0 Å². The first-order chi connectivity index (χ1) is 5.11. The number of hydrogen-bond acceptors (Lipinski definition) is 1. The zero-order valence-electron chi connectivity index (χ0n) is 6.10. The van der Waals surface area contributed by atoms with Gasteiger partial charge in [-0.15, -0.1) is 0 Å². The van der Waals surface area contributed by atoms with Crippen molar-refractivity contribution in [1.29, 1.82) is 0 Å². The first-order valence-electron chi connectivity index (χ1n) is 3.17. The maximum absolute atomic E-state index is 12.3. The summed E-state index contributed by atoms with van der Waals surface area (Å²) in [5.41, 5.74) is 4.92. The lowest BCUT2D eigenvalue weighted by Crippen LogP contribution is -2.10. The molecule has 0 saturated carbocycles. The van der Waals surface area contributed by atoms with E-state index >= 15 is 0 Å². The molecule has 2 nitrogen and oxygen atoms in total. The van der Waals surface area contributed by atoms with Crippen LogP contribution < -0.4 is 5.73 Å². The highest BCUT2D eigenvalue weighted by Gasteiger charge is 1.97. The summed E-state index contributed by atoms with van der Waals surface area (Å²) in [6, 6.07) is 3.05. The SMILES string of the molecule is [2H]c1cc(F)ccc1C(N)=O. The van der Waals surface area contributed by atoms with Crippen LogP contribution in [0.4, 0.5) is 4.39 Å². The molecule has 0 saturated heterocycles. The van der Waals surface area contributed by atoms with Crippen molar-refractivity contribution in [2.45, 2.75) is 0 Å². The molecule has 0 aromatic heterocycles. The first-order valence-corrected chi connectivity index (χ1v) is 2.67. The highest BCUT2D eigenvalue weighted by molar-refractivity contribution is 5.92. The van der Waals surface area contributed by atoms with Crippen molar-refractivity contribution in [1.82, 2.24) is 0 Å². The lowest BCUT2D eigenvalue weighted by atomic mass is 10.2. The van der Waals surface area contributed by atoms with Gasteiger partial charge in [0.05, 0.1) is 1.37 Å². The van der Waals surface area contributed by atoms with Crippen LogP contribution in [0.1, 0.15) is 11.7 Å². The highest BCUT2D eigenvalue weighted by Crippen LogP contribution is 2.00. The predicted octanol–water partition coefficient (Wildman–Crippen LogP) is 0.925. The summed E-state index contributed by atoms with van der Waals surface area (Å²) >= 11 is 0. The summed E-state index contributed by atoms with van der Waals surface area (Å²) in [7, 11) is 0. The lowest BCUT2D eigenvalue weighted by Gasteiger charge is -1.91. The van der Waals surface area contributed by atoms with E-state index in [1.807, 2.05) is 0 Å². The van der Waals surface area contributed by atoms with Crippen LogP contribution in [0, 0.1) is 5.82 Å². The van der Waals surface area contributed by atoms with Crippen LogP contribution in [-0.2, 0) is 0 Å². The number of nitrogens with two attached hydrogens (primary N) is 1. The van der Waals surface area contributed by atoms with Gasteiger partial charge in [-0.2, -0.15) is 0 Å². The number of halogens is 1. The average Bonchev–Trinajstić information content (AvgIpc) is 1.85. The molecule has 52 valence electrons. The molecule has 0 radical (unpaired) electrons. The molecule has 3 heteroatoms. The van der Waals surface area contributed by atoms with Gasteiger partial charge in [0.2, 0.25) is 5.91 Å². The van der Waals surface area contributed by atoms with E-state index in [4.69, 9.17) is 7.10 Å². The number of carbonyl (C=O) groups is 1. The van der Waals surface area contributed by atoms with Gasteiger partial charge in [-0.3, -0.25) is 4.79 Å². The molecule has 0 spiro atoms. The van der Waals surface area contributed by atoms with E-state index in [9.17, 15) is 9.18 Å². The zero-order chi connectivity index (χ0) is 8.43. The third-order valence-electron chi connectivity index (χ3n) is 1.04. The Labute approximate surface area is 58.9 Å². The standard InChI is InChI=1S/C7H6FNO/c8-6-3-1-5(2-4-6)7(9)10/h1-4H,(H2,9,10)/i1D. The summed E-state index contributed by atoms with van der Waals surface area (Å²) in [4.78, 5) is 10.5. The van der Waals surface area contributed by atoms with E-state index in [2.05, 4.69) is 0 Å². The molecule has 1 aromatic carbocycles. The van der Waals surface area contributed by atoms with Crippen molar-refractivity contribution >= 4 is 5.91 Å². The number of carbonyl (C=O) groups excluding carboxylic acids is 1. The van der Waals surface area contributed by atoms with Gasteiger partial charge in [0.15, 0.2) is 0 Å². The minimum Gasteiger partial charge on any atom is -0.366 e. The summed E-state index contributed by atoms with van der Waals surface area (Å²) in [6.45, 7) is 0. The molecule has 0 fully saturated rings. The van der Waals surface area contributed by atoms with Crippen molar-refractivity contribution in [2.24, 2.45) is 5.73 Å². The van der Waals surface area contributed by atoms with Gasteiger partial charge in [-0.25, -0.2) is 4.39 Å². The third-order valence-corrected chi connectivity index (χ3v) is 1.04. The van der Waals surface area contributed by atoms with E-state index in [0.717, 1.165) is 12.1 Å². The van der Waals surface area contributed by atoms with E-state index in [1.165, 1.54) is 6.07 Å². The zero-order valence-corrected chi connectivity index (χ0v) is 5.10. The summed E-state index contributed by atoms with van der Waals surface area (Å²) in [5, 5.41) is 0. The smallest absolute Gasteiger partial charge is 0.248 e. The predicted molar refractivity (Wildman–Crippen MR) is 34.9 cm³/mol. The Hall–Kier alpha value is -1.38. The minimum absolute atomic E-state index is 0.0337. The molecule has 1 amide bonds. The van der Waals surface area contributed by atoms with E-state index < -0.39 is 11.7 Å². The molecule has 0 heterocycles. The molecule has 0 aliphatic heterocycles. The second-order valence-corrected chi connectivity index (χ2v) is 1.78. The fraction of sp³-hybridized carbons (Fsp3) is 0. The van der Waals surface area contributed by atoms with Gasteiger partial charge in [-0.05, 0) is 24.2 Å². The molecule has 0 aliphatic carbocycles. The monoisotopic (exact) mass is 140 g/mol. The van der Waals surface area contributed by atoms with Crippen LogP contribution >= 0.6 is 0 Å². The maximum Gasteiger partial charge on any atom is 0.248 e. The average molecular weight is 140 g/mol. The molecule has 1 aromatic rings. The van der Waals surface area contributed by atoms with Gasteiger partial charge >= 0.3 is 0 Å². The molecule has 2 N–H and O–H groups in total. The van der Waals surface area contributed by atoms with Crippen molar-refractivity contribution in [3.8, 4) is 0 Å². The minimum atomic E-state index is -0.713. The second-order valence-electron chi connectivity index (χ2n) is 1.78. The molecule has 1 rings (SSSR count). The van der Waals surface area contributed by atoms with Crippen LogP contribution in [0.15, 0.2) is 24.2 Å². The van der Waals surface area contributed by atoms with Gasteiger partial charge in [0.1, 0.15) is 5.82 Å². The third kappa shape index (κ3) is 1.31. The van der Waals surface area contributed by atoms with Crippen LogP contribution in [0.25, 0.3) is 0 Å². The van der Waals surface area contributed by atoms with Gasteiger partial charge in [0.25, 0.3) is 0 Å². The largest absolute Gasteiger partial charge is 0.366 e. The first kappa shape index (κ1) is 5.41. The molecular weight excluding hydrogens is 133 g/mol. The van der Waals surface area contributed by atoms with Crippen molar-refractivity contribution < 1.29 is 10.6 Å². The Morgan fingerprint density at radius 1 is 1.60 bits per heavy atom. The number of benzene rings is 1. The summed E-state index contributed by atoms with van der Waals surface area (Å²) in [5.74, 6) is -1.25. The van der Waals surface area contributed by atoms with Gasteiger partial charge in [-0.1, -0.05) is 0 Å². The quantitative estimate of drug-likeness (QED) is 0.619. The Balaban J connectivity index is 3.20. The Morgan fingerprint density at radius 2 is 2.30 bits per heavy atom. The summed E-state index contributed by atoms with van der Waals surface area (Å²) in [6.07, 6.45) is 0. The van der Waals surface area contributed by atoms with Crippen molar-refractivity contribution in [2.75, 3.05) is 0 Å². The topological polar surface area (TPSA) is 43.1 Å². The van der Waals surface area contributed by atoms with Crippen molar-refractivity contribution in [3.05, 3.63) is 35.6 Å². The number of hydrogen-bond donors (Lipinski definition) is 1. The Morgan fingerprint density at radius 3 is 2.80 bits per heavy atom. The van der Waals surface area contributed by atoms with E-state index in [0.29, 0.717) is 0 Å². The molecule has 0 atom stereocenters. The number of amides is 1. The second kappa shape index (κ2) is 2.47. The molecule has 10 heavy (non-hydrogen) atoms. The number of primary amides is 1. The fourth-order valence-electron chi connectivity index (χ4n) is 0.559. The normalized spacial score (nSPS) is 10.7. The van der Waals surface area contributed by atoms with Crippen molar-refractivity contribution in [3.63, 3.8) is 0 Å². The molecule has 0 unspecified atom stereocenters. The maximum atomic E-state index is 12.3. The van der Waals surface area contributed by atoms with Gasteiger partial charge < -0.3 is 5.73 Å². The molecular formula is C7H6FNO. The Kier molecular flexibility index (Phi) is 1.34. The molecule has 0 bridgehead atoms. The number of rotatable bonds is 1. The van der Waals surface area contributed by atoms with Crippen LogP contribution in [-0.4, -0.2) is 5.91 Å². The van der Waals surface area contributed by atoms with Crippen LogP contribution in [0.3, 0.4) is 0 Å². The lowest BCUT2D eigenvalue weighted by molar-refractivity contribution is 0.100. The fourth-order valence-corrected chi connectivity index (χ4v) is 0.559.